The number of rotatable bonds is 5. The molecule has 0 radical (unpaired) electrons. The molecule has 0 saturated carbocycles. The van der Waals surface area contributed by atoms with Gasteiger partial charge in [0.15, 0.2) is 12.4 Å². The van der Waals surface area contributed by atoms with Gasteiger partial charge in [0.1, 0.15) is 0 Å². The number of benzene rings is 1. The van der Waals surface area contributed by atoms with E-state index >= 15 is 0 Å². The molecule has 0 aromatic heterocycles. The molecule has 7 heteroatoms. The van der Waals surface area contributed by atoms with Gasteiger partial charge in [-0.15, -0.1) is 0 Å². The zero-order chi connectivity index (χ0) is 15.4. The van der Waals surface area contributed by atoms with E-state index in [4.69, 9.17) is 4.74 Å². The van der Waals surface area contributed by atoms with Gasteiger partial charge in [-0.05, 0) is 18.4 Å². The number of para-hydroxylation sites is 2. The van der Waals surface area contributed by atoms with Gasteiger partial charge in [-0.25, -0.2) is 0 Å². The van der Waals surface area contributed by atoms with Crippen molar-refractivity contribution in [3.05, 3.63) is 34.4 Å². The lowest BCUT2D eigenvalue weighted by Gasteiger charge is -2.25. The summed E-state index contributed by atoms with van der Waals surface area (Å²) in [5.41, 5.74) is -0.168. The summed E-state index contributed by atoms with van der Waals surface area (Å²) in [5.74, 6) is 0.0465. The van der Waals surface area contributed by atoms with Crippen LogP contribution >= 0.6 is 0 Å². The largest absolute Gasteiger partial charge is 0.477 e. The van der Waals surface area contributed by atoms with Crippen LogP contribution in [0.1, 0.15) is 13.3 Å². The highest BCUT2D eigenvalue weighted by Gasteiger charge is 2.34. The lowest BCUT2D eigenvalue weighted by molar-refractivity contribution is -0.385. The summed E-state index contributed by atoms with van der Waals surface area (Å²) in [4.78, 5) is 24.0. The third-order valence-electron chi connectivity index (χ3n) is 3.80. The number of aliphatic hydroxyl groups excluding tert-OH is 1. The molecule has 2 unspecified atom stereocenters. The minimum Gasteiger partial charge on any atom is -0.477 e. The number of amides is 1. The number of carbonyl (C=O) groups excluding carboxylic acids is 1. The average molecular weight is 294 g/mol. The number of carbonyl (C=O) groups is 1. The molecule has 1 aliphatic rings. The third-order valence-corrected chi connectivity index (χ3v) is 3.80. The van der Waals surface area contributed by atoms with Gasteiger partial charge in [-0.3, -0.25) is 14.9 Å². The molecule has 1 aromatic carbocycles. The van der Waals surface area contributed by atoms with Crippen LogP contribution in [-0.4, -0.2) is 46.6 Å². The first kappa shape index (κ1) is 15.2. The first-order valence-corrected chi connectivity index (χ1v) is 6.81. The van der Waals surface area contributed by atoms with E-state index in [-0.39, 0.29) is 42.5 Å². The highest BCUT2D eigenvalue weighted by molar-refractivity contribution is 5.78. The van der Waals surface area contributed by atoms with E-state index in [2.05, 4.69) is 0 Å². The second kappa shape index (κ2) is 6.53. The Morgan fingerprint density at radius 2 is 2.24 bits per heavy atom. The number of nitro benzene ring substituents is 1. The molecular formula is C14H18N2O5. The Morgan fingerprint density at radius 3 is 2.90 bits per heavy atom. The molecule has 1 heterocycles. The molecule has 0 aliphatic carbocycles. The van der Waals surface area contributed by atoms with Gasteiger partial charge >= 0.3 is 5.69 Å². The zero-order valence-corrected chi connectivity index (χ0v) is 11.8. The molecule has 1 N–H and O–H groups in total. The lowest BCUT2D eigenvalue weighted by Crippen LogP contribution is -2.42. The Kier molecular flexibility index (Phi) is 4.74. The first-order valence-electron chi connectivity index (χ1n) is 6.81. The van der Waals surface area contributed by atoms with E-state index < -0.39 is 4.92 Å². The minimum absolute atomic E-state index is 0.0728. The molecule has 1 saturated heterocycles. The van der Waals surface area contributed by atoms with E-state index in [1.54, 1.807) is 11.0 Å². The summed E-state index contributed by atoms with van der Waals surface area (Å²) in [7, 11) is 0. The van der Waals surface area contributed by atoms with Crippen molar-refractivity contribution in [3.8, 4) is 5.75 Å². The Bertz CT molecular complexity index is 534. The van der Waals surface area contributed by atoms with Crippen LogP contribution < -0.4 is 4.74 Å². The van der Waals surface area contributed by atoms with Crippen LogP contribution in [0.25, 0.3) is 0 Å². The minimum atomic E-state index is -0.547. The van der Waals surface area contributed by atoms with Crippen molar-refractivity contribution in [3.63, 3.8) is 0 Å². The molecule has 7 nitrogen and oxygen atoms in total. The van der Waals surface area contributed by atoms with Crippen molar-refractivity contribution >= 4 is 11.6 Å². The SMILES string of the molecule is CC1CCN(C(=O)COc2ccccc2[N+](=O)[O-])C1CO. The Morgan fingerprint density at radius 1 is 1.52 bits per heavy atom. The summed E-state index contributed by atoms with van der Waals surface area (Å²) < 4.78 is 5.29. The number of aliphatic hydroxyl groups is 1. The molecule has 1 fully saturated rings. The molecular weight excluding hydrogens is 276 g/mol. The lowest BCUT2D eigenvalue weighted by atomic mass is 10.0. The number of hydrogen-bond donors (Lipinski definition) is 1. The third kappa shape index (κ3) is 3.30. The predicted molar refractivity (Wildman–Crippen MR) is 75.0 cm³/mol. The maximum absolute atomic E-state index is 12.1. The molecule has 1 aromatic rings. The van der Waals surface area contributed by atoms with Crippen LogP contribution in [0.3, 0.4) is 0 Å². The summed E-state index contributed by atoms with van der Waals surface area (Å²) in [6.45, 7) is 2.20. The van der Waals surface area contributed by atoms with Crippen LogP contribution in [0.4, 0.5) is 5.69 Å². The number of nitro groups is 1. The van der Waals surface area contributed by atoms with Crippen molar-refractivity contribution in [2.24, 2.45) is 5.92 Å². The van der Waals surface area contributed by atoms with Gasteiger partial charge in [-0.2, -0.15) is 0 Å². The van der Waals surface area contributed by atoms with Crippen LogP contribution in [0.2, 0.25) is 0 Å². The van der Waals surface area contributed by atoms with Crippen molar-refractivity contribution < 1.29 is 19.6 Å². The molecule has 1 amide bonds. The fraction of sp³-hybridized carbons (Fsp3) is 0.500. The van der Waals surface area contributed by atoms with Crippen LogP contribution in [-0.2, 0) is 4.79 Å². The fourth-order valence-corrected chi connectivity index (χ4v) is 2.55. The van der Waals surface area contributed by atoms with E-state index in [1.807, 2.05) is 6.92 Å². The van der Waals surface area contributed by atoms with Crippen molar-refractivity contribution in [2.45, 2.75) is 19.4 Å². The highest BCUT2D eigenvalue weighted by Crippen LogP contribution is 2.27. The van der Waals surface area contributed by atoms with Crippen molar-refractivity contribution in [2.75, 3.05) is 19.8 Å². The van der Waals surface area contributed by atoms with Gasteiger partial charge < -0.3 is 14.7 Å². The summed E-state index contributed by atoms with van der Waals surface area (Å²) >= 11 is 0. The van der Waals surface area contributed by atoms with Gasteiger partial charge in [0.05, 0.1) is 17.6 Å². The molecule has 2 atom stereocenters. The van der Waals surface area contributed by atoms with Crippen LogP contribution in [0.5, 0.6) is 5.75 Å². The molecule has 0 bridgehead atoms. The monoisotopic (exact) mass is 294 g/mol. The maximum Gasteiger partial charge on any atom is 0.310 e. The van der Waals surface area contributed by atoms with Crippen LogP contribution in [0.15, 0.2) is 24.3 Å². The van der Waals surface area contributed by atoms with Crippen molar-refractivity contribution in [1.29, 1.82) is 0 Å². The Labute approximate surface area is 122 Å². The van der Waals surface area contributed by atoms with Crippen LogP contribution in [0, 0.1) is 16.0 Å². The number of ether oxygens (including phenoxy) is 1. The van der Waals surface area contributed by atoms with Gasteiger partial charge in [0.2, 0.25) is 0 Å². The zero-order valence-electron chi connectivity index (χ0n) is 11.8. The van der Waals surface area contributed by atoms with Gasteiger partial charge in [0, 0.05) is 12.6 Å². The second-order valence-electron chi connectivity index (χ2n) is 5.12. The quantitative estimate of drug-likeness (QED) is 0.650. The normalized spacial score (nSPS) is 21.3. The molecule has 114 valence electrons. The molecule has 21 heavy (non-hydrogen) atoms. The Balaban J connectivity index is 2.00. The summed E-state index contributed by atoms with van der Waals surface area (Å²) in [6.07, 6.45) is 0.836. The second-order valence-corrected chi connectivity index (χ2v) is 5.12. The maximum atomic E-state index is 12.1. The molecule has 2 rings (SSSR count). The predicted octanol–water partition coefficient (Wildman–Crippen LogP) is 1.20. The topological polar surface area (TPSA) is 92.9 Å². The number of hydrogen-bond acceptors (Lipinski definition) is 5. The van der Waals surface area contributed by atoms with E-state index in [1.165, 1.54) is 18.2 Å². The average Bonchev–Trinajstić information content (AvgIpc) is 2.85. The van der Waals surface area contributed by atoms with Crippen molar-refractivity contribution in [1.82, 2.24) is 4.90 Å². The summed E-state index contributed by atoms with van der Waals surface area (Å²) in [6, 6.07) is 5.74. The standard InChI is InChI=1S/C14H18N2O5/c1-10-6-7-15(12(10)8-17)14(18)9-21-13-5-3-2-4-11(13)16(19)20/h2-5,10,12,17H,6-9H2,1H3. The highest BCUT2D eigenvalue weighted by atomic mass is 16.6. The van der Waals surface area contributed by atoms with E-state index in [9.17, 15) is 20.0 Å². The Hall–Kier alpha value is -2.15. The molecule has 0 spiro atoms. The number of nitrogens with zero attached hydrogens (tertiary/aromatic N) is 2. The number of likely N-dealkylation sites (tertiary alicyclic amines) is 1. The van der Waals surface area contributed by atoms with E-state index in [0.717, 1.165) is 6.42 Å². The van der Waals surface area contributed by atoms with Gasteiger partial charge in [0.25, 0.3) is 5.91 Å². The van der Waals surface area contributed by atoms with E-state index in [0.29, 0.717) is 6.54 Å². The van der Waals surface area contributed by atoms with Gasteiger partial charge in [-0.1, -0.05) is 19.1 Å². The smallest absolute Gasteiger partial charge is 0.310 e. The molecule has 1 aliphatic heterocycles. The first-order chi connectivity index (χ1) is 10.0. The summed E-state index contributed by atoms with van der Waals surface area (Å²) in [5, 5.41) is 20.2. The fourth-order valence-electron chi connectivity index (χ4n) is 2.55.